The first-order valence-electron chi connectivity index (χ1n) is 7.48. The molecular weight excluding hydrogens is 362 g/mol. The molecule has 0 aromatic heterocycles. The summed E-state index contributed by atoms with van der Waals surface area (Å²) in [5.41, 5.74) is 0.548. The van der Waals surface area contributed by atoms with Gasteiger partial charge in [-0.25, -0.2) is 0 Å². The number of nitro groups is 1. The van der Waals surface area contributed by atoms with E-state index >= 15 is 0 Å². The van der Waals surface area contributed by atoms with Crippen LogP contribution in [0.15, 0.2) is 48.5 Å². The molecule has 0 saturated carbocycles. The zero-order valence-corrected chi connectivity index (χ0v) is 14.2. The van der Waals surface area contributed by atoms with Crippen molar-refractivity contribution in [2.45, 2.75) is 6.42 Å². The van der Waals surface area contributed by atoms with Gasteiger partial charge in [-0.3, -0.25) is 19.7 Å². The van der Waals surface area contributed by atoms with Crippen molar-refractivity contribution in [3.63, 3.8) is 0 Å². The molecule has 26 heavy (non-hydrogen) atoms. The standard InChI is InChI=1S/C18H14ClNO6/c19-15-7-4-13(11-16(15)20(24)25)17(21)8-3-12-1-5-14(6-2-12)26-10-9-18(22)23/h1-8,11H,9-10H2,(H,22,23)/b8-3+. The molecule has 1 N–H and O–H groups in total. The van der Waals surface area contributed by atoms with E-state index in [4.69, 9.17) is 21.4 Å². The second kappa shape index (κ2) is 8.77. The molecule has 7 nitrogen and oxygen atoms in total. The predicted molar refractivity (Wildman–Crippen MR) is 95.7 cm³/mol. The molecule has 0 fully saturated rings. The lowest BCUT2D eigenvalue weighted by Crippen LogP contribution is -2.04. The lowest BCUT2D eigenvalue weighted by Gasteiger charge is -2.04. The minimum atomic E-state index is -0.939. The third kappa shape index (κ3) is 5.42. The summed E-state index contributed by atoms with van der Waals surface area (Å²) in [6.45, 7) is 0.0678. The number of carboxylic acids is 1. The van der Waals surface area contributed by atoms with Crippen LogP contribution in [-0.2, 0) is 4.79 Å². The van der Waals surface area contributed by atoms with Crippen LogP contribution in [0.25, 0.3) is 6.08 Å². The lowest BCUT2D eigenvalue weighted by atomic mass is 10.1. The average molecular weight is 376 g/mol. The molecule has 0 saturated heterocycles. The first-order valence-corrected chi connectivity index (χ1v) is 7.85. The van der Waals surface area contributed by atoms with E-state index in [9.17, 15) is 19.7 Å². The monoisotopic (exact) mass is 375 g/mol. The topological polar surface area (TPSA) is 107 Å². The predicted octanol–water partition coefficient (Wildman–Crippen LogP) is 4.00. The Kier molecular flexibility index (Phi) is 6.46. The molecule has 0 aliphatic heterocycles. The van der Waals surface area contributed by atoms with Crippen molar-refractivity contribution < 1.29 is 24.4 Å². The lowest BCUT2D eigenvalue weighted by molar-refractivity contribution is -0.384. The second-order valence-corrected chi connectivity index (χ2v) is 5.59. The maximum absolute atomic E-state index is 12.1. The number of benzene rings is 2. The van der Waals surface area contributed by atoms with E-state index < -0.39 is 16.7 Å². The van der Waals surface area contributed by atoms with Crippen molar-refractivity contribution in [2.24, 2.45) is 0 Å². The number of carbonyl (C=O) groups excluding carboxylic acids is 1. The third-order valence-corrected chi connectivity index (χ3v) is 3.64. The number of aliphatic carboxylic acids is 1. The van der Waals surface area contributed by atoms with Crippen molar-refractivity contribution in [3.05, 3.63) is 74.8 Å². The number of carboxylic acid groups (broad SMARTS) is 1. The van der Waals surface area contributed by atoms with E-state index in [1.165, 1.54) is 18.2 Å². The highest BCUT2D eigenvalue weighted by molar-refractivity contribution is 6.32. The van der Waals surface area contributed by atoms with Crippen LogP contribution in [0.4, 0.5) is 5.69 Å². The smallest absolute Gasteiger partial charge is 0.306 e. The first-order chi connectivity index (χ1) is 12.4. The van der Waals surface area contributed by atoms with E-state index in [1.807, 2.05) is 0 Å². The largest absolute Gasteiger partial charge is 0.493 e. The second-order valence-electron chi connectivity index (χ2n) is 5.18. The molecule has 0 bridgehead atoms. The van der Waals surface area contributed by atoms with Crippen LogP contribution in [0.1, 0.15) is 22.3 Å². The molecule has 0 aliphatic rings. The van der Waals surface area contributed by atoms with Crippen molar-refractivity contribution >= 4 is 35.1 Å². The summed E-state index contributed by atoms with van der Waals surface area (Å²) in [5.74, 6) is -0.819. The van der Waals surface area contributed by atoms with Gasteiger partial charge in [0.2, 0.25) is 0 Å². The fourth-order valence-corrected chi connectivity index (χ4v) is 2.19. The van der Waals surface area contributed by atoms with Crippen molar-refractivity contribution in [3.8, 4) is 5.75 Å². The summed E-state index contributed by atoms with van der Waals surface area (Å²) in [4.78, 5) is 32.8. The number of nitro benzene ring substituents is 1. The van der Waals surface area contributed by atoms with Crippen LogP contribution in [0.2, 0.25) is 5.02 Å². The zero-order chi connectivity index (χ0) is 19.1. The highest BCUT2D eigenvalue weighted by Crippen LogP contribution is 2.25. The summed E-state index contributed by atoms with van der Waals surface area (Å²) in [6.07, 6.45) is 2.76. The SMILES string of the molecule is O=C(O)CCOc1ccc(/C=C/C(=O)c2ccc(Cl)c([N+](=O)[O-])c2)cc1. The Hall–Kier alpha value is -3.19. The molecule has 0 unspecified atom stereocenters. The van der Waals surface area contributed by atoms with E-state index in [0.717, 1.165) is 6.07 Å². The van der Waals surface area contributed by atoms with Crippen LogP contribution >= 0.6 is 11.6 Å². The minimum absolute atomic E-state index is 0.0333. The number of hydrogen-bond acceptors (Lipinski definition) is 5. The number of halogens is 1. The van der Waals surface area contributed by atoms with Gasteiger partial charge in [-0.05, 0) is 35.9 Å². The van der Waals surface area contributed by atoms with Gasteiger partial charge in [-0.15, -0.1) is 0 Å². The summed E-state index contributed by atoms with van der Waals surface area (Å²) < 4.78 is 5.27. The Balaban J connectivity index is 2.03. The summed E-state index contributed by atoms with van der Waals surface area (Å²) in [7, 11) is 0. The minimum Gasteiger partial charge on any atom is -0.493 e. The molecule has 0 spiro atoms. The molecule has 2 aromatic carbocycles. The van der Waals surface area contributed by atoms with Gasteiger partial charge in [0.05, 0.1) is 18.0 Å². The van der Waals surface area contributed by atoms with Crippen LogP contribution in [0.5, 0.6) is 5.75 Å². The number of allylic oxidation sites excluding steroid dienone is 1. The summed E-state index contributed by atoms with van der Waals surface area (Å²) in [6, 6.07) is 10.6. The van der Waals surface area contributed by atoms with Crippen molar-refractivity contribution in [1.29, 1.82) is 0 Å². The van der Waals surface area contributed by atoms with Crippen LogP contribution < -0.4 is 4.74 Å². The molecule has 0 atom stereocenters. The molecule has 0 amide bonds. The number of carbonyl (C=O) groups is 2. The number of ether oxygens (including phenoxy) is 1. The van der Waals surface area contributed by atoms with Gasteiger partial charge in [0.15, 0.2) is 5.78 Å². The van der Waals surface area contributed by atoms with Gasteiger partial charge in [-0.2, -0.15) is 0 Å². The van der Waals surface area contributed by atoms with Crippen molar-refractivity contribution in [2.75, 3.05) is 6.61 Å². The quantitative estimate of drug-likeness (QED) is 0.323. The molecule has 8 heteroatoms. The molecular formula is C18H14ClNO6. The average Bonchev–Trinajstić information content (AvgIpc) is 2.60. The first kappa shape index (κ1) is 19.1. The van der Waals surface area contributed by atoms with Gasteiger partial charge in [0, 0.05) is 11.6 Å². The summed E-state index contributed by atoms with van der Waals surface area (Å²) >= 11 is 5.72. The molecule has 2 aromatic rings. The molecule has 134 valence electrons. The van der Waals surface area contributed by atoms with Gasteiger partial charge >= 0.3 is 5.97 Å². The normalized spacial score (nSPS) is 10.7. The Morgan fingerprint density at radius 3 is 2.50 bits per heavy atom. The van der Waals surface area contributed by atoms with Gasteiger partial charge in [-0.1, -0.05) is 29.8 Å². The zero-order valence-electron chi connectivity index (χ0n) is 13.4. The number of rotatable bonds is 8. The van der Waals surface area contributed by atoms with Crippen molar-refractivity contribution in [1.82, 2.24) is 0 Å². The molecule has 0 aliphatic carbocycles. The third-order valence-electron chi connectivity index (χ3n) is 3.32. The van der Waals surface area contributed by atoms with E-state index in [-0.39, 0.29) is 29.3 Å². The molecule has 2 rings (SSSR count). The molecule has 0 heterocycles. The van der Waals surface area contributed by atoms with Gasteiger partial charge < -0.3 is 9.84 Å². The van der Waals surface area contributed by atoms with E-state index in [1.54, 1.807) is 30.3 Å². The Bertz CT molecular complexity index is 860. The van der Waals surface area contributed by atoms with Crippen LogP contribution in [0.3, 0.4) is 0 Å². The van der Waals surface area contributed by atoms with Gasteiger partial charge in [0.1, 0.15) is 10.8 Å². The fourth-order valence-electron chi connectivity index (χ4n) is 2.01. The number of ketones is 1. The van der Waals surface area contributed by atoms with Crippen LogP contribution in [-0.4, -0.2) is 28.4 Å². The Morgan fingerprint density at radius 1 is 1.19 bits per heavy atom. The summed E-state index contributed by atoms with van der Waals surface area (Å²) in [5, 5.41) is 19.4. The highest BCUT2D eigenvalue weighted by atomic mass is 35.5. The molecule has 0 radical (unpaired) electrons. The Labute approximate surface area is 153 Å². The highest BCUT2D eigenvalue weighted by Gasteiger charge is 2.15. The fraction of sp³-hybridized carbons (Fsp3) is 0.111. The van der Waals surface area contributed by atoms with Crippen LogP contribution in [0, 0.1) is 10.1 Å². The number of nitrogens with zero attached hydrogens (tertiary/aromatic N) is 1. The van der Waals surface area contributed by atoms with E-state index in [0.29, 0.717) is 11.3 Å². The van der Waals surface area contributed by atoms with Gasteiger partial charge in [0.25, 0.3) is 5.69 Å². The maximum Gasteiger partial charge on any atom is 0.306 e. The Morgan fingerprint density at radius 2 is 1.88 bits per heavy atom. The van der Waals surface area contributed by atoms with E-state index in [2.05, 4.69) is 0 Å². The number of hydrogen-bond donors (Lipinski definition) is 1. The maximum atomic E-state index is 12.1.